The summed E-state index contributed by atoms with van der Waals surface area (Å²) >= 11 is 0. The second kappa shape index (κ2) is 9.29. The average molecular weight is 398 g/mol. The molecule has 1 N–H and O–H groups in total. The molecule has 0 aliphatic carbocycles. The van der Waals surface area contributed by atoms with Crippen LogP contribution in [0.1, 0.15) is 13.8 Å². The van der Waals surface area contributed by atoms with Crippen LogP contribution in [0.5, 0.6) is 6.01 Å². The number of carbonyl (C=O) groups is 1. The third-order valence-corrected chi connectivity index (χ3v) is 4.09. The summed E-state index contributed by atoms with van der Waals surface area (Å²) in [5.41, 5.74) is 2.00. The highest BCUT2D eigenvalue weighted by molar-refractivity contribution is 5.92. The van der Waals surface area contributed by atoms with E-state index in [0.717, 1.165) is 0 Å². The Morgan fingerprint density at radius 3 is 2.62 bits per heavy atom. The van der Waals surface area contributed by atoms with Gasteiger partial charge in [0.15, 0.2) is 5.82 Å². The molecule has 0 bridgehead atoms. The summed E-state index contributed by atoms with van der Waals surface area (Å²) in [6.07, 6.45) is 0. The second-order valence-corrected chi connectivity index (χ2v) is 6.67. The van der Waals surface area contributed by atoms with Crippen LogP contribution >= 0.6 is 0 Å². The Kier molecular flexibility index (Phi) is 6.56. The van der Waals surface area contributed by atoms with Gasteiger partial charge in [-0.2, -0.15) is 4.98 Å². The number of anilines is 1. The number of halogens is 1. The molecule has 0 saturated carbocycles. The van der Waals surface area contributed by atoms with E-state index < -0.39 is 0 Å². The van der Waals surface area contributed by atoms with Crippen LogP contribution in [0.15, 0.2) is 48.5 Å². The maximum absolute atomic E-state index is 13.4. The zero-order chi connectivity index (χ0) is 20.8. The minimum Gasteiger partial charge on any atom is -0.460 e. The lowest BCUT2D eigenvalue weighted by atomic mass is 10.2. The predicted molar refractivity (Wildman–Crippen MR) is 108 cm³/mol. The fourth-order valence-electron chi connectivity index (χ4n) is 2.54. The minimum atomic E-state index is -0.338. The molecule has 3 rings (SSSR count). The SMILES string of the molecule is COCCOc1nc(-c2ccc(F)cc2)n(-c2cccc(NC(=O)C(C)C)c2)n1. The Bertz CT molecular complexity index is 970. The van der Waals surface area contributed by atoms with Gasteiger partial charge in [-0.15, -0.1) is 5.10 Å². The quantitative estimate of drug-likeness (QED) is 0.586. The number of ether oxygens (including phenoxy) is 2. The molecule has 0 radical (unpaired) electrons. The minimum absolute atomic E-state index is 0.0805. The lowest BCUT2D eigenvalue weighted by Gasteiger charge is -2.10. The van der Waals surface area contributed by atoms with Crippen molar-refractivity contribution in [3.63, 3.8) is 0 Å². The highest BCUT2D eigenvalue weighted by atomic mass is 19.1. The topological polar surface area (TPSA) is 78.3 Å². The second-order valence-electron chi connectivity index (χ2n) is 6.67. The molecule has 8 heteroatoms. The normalized spacial score (nSPS) is 10.9. The van der Waals surface area contributed by atoms with Crippen LogP contribution in [0.3, 0.4) is 0 Å². The molecule has 7 nitrogen and oxygen atoms in total. The van der Waals surface area contributed by atoms with Gasteiger partial charge in [-0.3, -0.25) is 4.79 Å². The lowest BCUT2D eigenvalue weighted by Crippen LogP contribution is -2.17. The van der Waals surface area contributed by atoms with Crippen molar-refractivity contribution in [3.8, 4) is 23.1 Å². The third-order valence-electron chi connectivity index (χ3n) is 4.09. The monoisotopic (exact) mass is 398 g/mol. The van der Waals surface area contributed by atoms with Crippen LogP contribution in [-0.4, -0.2) is 41.0 Å². The molecule has 0 aliphatic heterocycles. The smallest absolute Gasteiger partial charge is 0.336 e. The van der Waals surface area contributed by atoms with Gasteiger partial charge >= 0.3 is 6.01 Å². The van der Waals surface area contributed by atoms with E-state index in [0.29, 0.717) is 36.0 Å². The first-order valence-corrected chi connectivity index (χ1v) is 9.24. The summed E-state index contributed by atoms with van der Waals surface area (Å²) in [4.78, 5) is 16.5. The molecule has 0 atom stereocenters. The van der Waals surface area contributed by atoms with E-state index >= 15 is 0 Å². The van der Waals surface area contributed by atoms with Gasteiger partial charge in [0.25, 0.3) is 0 Å². The highest BCUT2D eigenvalue weighted by Gasteiger charge is 2.16. The zero-order valence-corrected chi connectivity index (χ0v) is 16.6. The maximum Gasteiger partial charge on any atom is 0.336 e. The first-order valence-electron chi connectivity index (χ1n) is 9.24. The zero-order valence-electron chi connectivity index (χ0n) is 16.6. The van der Waals surface area contributed by atoms with Crippen LogP contribution in [0, 0.1) is 11.7 Å². The number of hydrogen-bond donors (Lipinski definition) is 1. The molecule has 29 heavy (non-hydrogen) atoms. The number of amides is 1. The van der Waals surface area contributed by atoms with Gasteiger partial charge < -0.3 is 14.8 Å². The van der Waals surface area contributed by atoms with Crippen LogP contribution in [0.2, 0.25) is 0 Å². The average Bonchev–Trinajstić information content (AvgIpc) is 3.13. The fraction of sp³-hybridized carbons (Fsp3) is 0.286. The van der Waals surface area contributed by atoms with Crippen molar-refractivity contribution in [2.24, 2.45) is 5.92 Å². The van der Waals surface area contributed by atoms with E-state index in [9.17, 15) is 9.18 Å². The molecule has 0 spiro atoms. The fourth-order valence-corrected chi connectivity index (χ4v) is 2.54. The molecule has 0 unspecified atom stereocenters. The van der Waals surface area contributed by atoms with Crippen LogP contribution in [-0.2, 0) is 9.53 Å². The summed E-state index contributed by atoms with van der Waals surface area (Å²) in [6.45, 7) is 4.35. The first kappa shape index (κ1) is 20.5. The number of nitrogens with one attached hydrogen (secondary N) is 1. The van der Waals surface area contributed by atoms with E-state index in [-0.39, 0.29) is 23.7 Å². The van der Waals surface area contributed by atoms with E-state index in [4.69, 9.17) is 9.47 Å². The van der Waals surface area contributed by atoms with Crippen molar-refractivity contribution in [2.45, 2.75) is 13.8 Å². The first-order chi connectivity index (χ1) is 14.0. The maximum atomic E-state index is 13.4. The molecule has 0 saturated heterocycles. The third kappa shape index (κ3) is 5.17. The molecule has 152 valence electrons. The van der Waals surface area contributed by atoms with Crippen LogP contribution in [0.4, 0.5) is 10.1 Å². The molecule has 1 amide bonds. The van der Waals surface area contributed by atoms with Gasteiger partial charge in [-0.25, -0.2) is 9.07 Å². The van der Waals surface area contributed by atoms with E-state index in [1.165, 1.54) is 12.1 Å². The summed E-state index contributed by atoms with van der Waals surface area (Å²) in [5, 5.41) is 7.30. The summed E-state index contributed by atoms with van der Waals surface area (Å²) < 4.78 is 25.5. The van der Waals surface area contributed by atoms with Crippen molar-refractivity contribution in [3.05, 3.63) is 54.3 Å². The number of methoxy groups -OCH3 is 1. The van der Waals surface area contributed by atoms with Crippen LogP contribution < -0.4 is 10.1 Å². The van der Waals surface area contributed by atoms with Gasteiger partial charge in [0.1, 0.15) is 12.4 Å². The van der Waals surface area contributed by atoms with Gasteiger partial charge in [0.2, 0.25) is 5.91 Å². The predicted octanol–water partition coefficient (Wildman–Crippen LogP) is 3.69. The Balaban J connectivity index is 1.98. The Labute approximate surface area is 168 Å². The number of carbonyl (C=O) groups excluding carboxylic acids is 1. The number of benzene rings is 2. The highest BCUT2D eigenvalue weighted by Crippen LogP contribution is 2.25. The molecule has 0 fully saturated rings. The van der Waals surface area contributed by atoms with E-state index in [1.807, 2.05) is 26.0 Å². The molecule has 0 aliphatic rings. The number of hydrogen-bond acceptors (Lipinski definition) is 5. The van der Waals surface area contributed by atoms with E-state index in [2.05, 4.69) is 15.4 Å². The van der Waals surface area contributed by atoms with Gasteiger partial charge in [-0.1, -0.05) is 19.9 Å². The van der Waals surface area contributed by atoms with Gasteiger partial charge in [0.05, 0.1) is 12.3 Å². The Morgan fingerprint density at radius 2 is 1.93 bits per heavy atom. The van der Waals surface area contributed by atoms with Crippen molar-refractivity contribution < 1.29 is 18.7 Å². The summed E-state index contributed by atoms with van der Waals surface area (Å²) in [5.74, 6) is -0.0665. The molecule has 3 aromatic rings. The Hall–Kier alpha value is -3.26. The standard InChI is InChI=1S/C21H23FN4O3/c1-14(2)20(27)23-17-5-4-6-18(13-17)26-19(15-7-9-16(22)10-8-15)24-21(25-26)29-12-11-28-3/h4-10,13-14H,11-12H2,1-3H3,(H,23,27). The van der Waals surface area contributed by atoms with Crippen molar-refractivity contribution in [1.82, 2.24) is 14.8 Å². The van der Waals surface area contributed by atoms with Crippen molar-refractivity contribution in [1.29, 1.82) is 0 Å². The van der Waals surface area contributed by atoms with Crippen molar-refractivity contribution in [2.75, 3.05) is 25.6 Å². The number of aromatic nitrogens is 3. The summed E-state index contributed by atoms with van der Waals surface area (Å²) in [7, 11) is 1.58. The van der Waals surface area contributed by atoms with E-state index in [1.54, 1.807) is 36.1 Å². The van der Waals surface area contributed by atoms with Crippen molar-refractivity contribution >= 4 is 11.6 Å². The largest absolute Gasteiger partial charge is 0.460 e. The molecule has 1 heterocycles. The molecule has 1 aromatic heterocycles. The number of rotatable bonds is 8. The summed E-state index contributed by atoms with van der Waals surface area (Å²) in [6, 6.07) is 13.4. The lowest BCUT2D eigenvalue weighted by molar-refractivity contribution is -0.118. The van der Waals surface area contributed by atoms with Gasteiger partial charge in [0, 0.05) is 24.3 Å². The van der Waals surface area contributed by atoms with Gasteiger partial charge in [-0.05, 0) is 42.5 Å². The molecule has 2 aromatic carbocycles. The molecular weight excluding hydrogens is 375 g/mol. The number of nitrogens with zero attached hydrogens (tertiary/aromatic N) is 3. The Morgan fingerprint density at radius 1 is 1.17 bits per heavy atom. The molecular formula is C21H23FN4O3. The van der Waals surface area contributed by atoms with Crippen LogP contribution in [0.25, 0.3) is 17.1 Å².